The number of amides is 1. The highest BCUT2D eigenvalue weighted by molar-refractivity contribution is 5.81. The molecule has 2 saturated carbocycles. The summed E-state index contributed by atoms with van der Waals surface area (Å²) in [5.41, 5.74) is 6.42. The zero-order valence-corrected chi connectivity index (χ0v) is 21.5. The van der Waals surface area contributed by atoms with Gasteiger partial charge >= 0.3 is 0 Å². The van der Waals surface area contributed by atoms with Crippen molar-refractivity contribution in [3.63, 3.8) is 0 Å². The summed E-state index contributed by atoms with van der Waals surface area (Å²) in [6.45, 7) is 6.69. The van der Waals surface area contributed by atoms with Crippen LogP contribution in [0.3, 0.4) is 0 Å². The van der Waals surface area contributed by atoms with E-state index in [0.717, 1.165) is 51.0 Å². The maximum atomic E-state index is 12.9. The van der Waals surface area contributed by atoms with Crippen LogP contribution in [0.4, 0.5) is 0 Å². The lowest BCUT2D eigenvalue weighted by Gasteiger charge is -2.30. The van der Waals surface area contributed by atoms with E-state index in [1.54, 1.807) is 0 Å². The summed E-state index contributed by atoms with van der Waals surface area (Å²) in [6, 6.07) is 0.795. The number of carbonyl (C=O) groups is 1. The number of nitrogens with one attached hydrogen (secondary N) is 2. The van der Waals surface area contributed by atoms with Crippen molar-refractivity contribution in [2.24, 2.45) is 11.7 Å². The molecule has 3 unspecified atom stereocenters. The first-order valence-electron chi connectivity index (χ1n) is 14.0. The maximum absolute atomic E-state index is 12.9. The Morgan fingerprint density at radius 3 is 2.12 bits per heavy atom. The third-order valence-electron chi connectivity index (χ3n) is 7.73. The molecule has 5 heteroatoms. The first-order chi connectivity index (χ1) is 15.5. The van der Waals surface area contributed by atoms with Crippen molar-refractivity contribution in [1.82, 2.24) is 15.5 Å². The highest BCUT2D eigenvalue weighted by Crippen LogP contribution is 2.24. The molecule has 2 rings (SSSR count). The Bertz CT molecular complexity index is 488. The minimum Gasteiger partial charge on any atom is -0.352 e. The fraction of sp³-hybridized carbons (Fsp3) is 0.963. The monoisotopic (exact) mass is 450 g/mol. The normalized spacial score (nSPS) is 21.4. The van der Waals surface area contributed by atoms with Gasteiger partial charge in [-0.15, -0.1) is 0 Å². The largest absolute Gasteiger partial charge is 0.352 e. The number of hydrogen-bond donors (Lipinski definition) is 3. The third-order valence-corrected chi connectivity index (χ3v) is 7.73. The Balaban J connectivity index is 1.75. The molecule has 0 bridgehead atoms. The number of nitrogens with two attached hydrogens (primary N) is 1. The lowest BCUT2D eigenvalue weighted by Crippen LogP contribution is -2.50. The Hall–Kier alpha value is -0.650. The van der Waals surface area contributed by atoms with Crippen molar-refractivity contribution in [2.75, 3.05) is 20.1 Å². The van der Waals surface area contributed by atoms with Gasteiger partial charge in [-0.05, 0) is 70.9 Å². The predicted octanol–water partition coefficient (Wildman–Crippen LogP) is 4.98. The fourth-order valence-electron chi connectivity index (χ4n) is 5.86. The van der Waals surface area contributed by atoms with Crippen LogP contribution in [0.25, 0.3) is 0 Å². The molecule has 5 nitrogen and oxygen atoms in total. The zero-order chi connectivity index (χ0) is 23.2. The van der Waals surface area contributed by atoms with Crippen molar-refractivity contribution >= 4 is 5.91 Å². The molecule has 188 valence electrons. The molecule has 0 saturated heterocycles. The quantitative estimate of drug-likeness (QED) is 0.329. The van der Waals surface area contributed by atoms with Gasteiger partial charge in [0.15, 0.2) is 0 Å². The first-order valence-corrected chi connectivity index (χ1v) is 14.0. The van der Waals surface area contributed by atoms with Crippen molar-refractivity contribution < 1.29 is 4.79 Å². The van der Waals surface area contributed by atoms with Crippen LogP contribution in [0, 0.1) is 5.92 Å². The fourth-order valence-corrected chi connectivity index (χ4v) is 5.86. The molecule has 0 aromatic rings. The molecular formula is C27H54N4O. The Labute approximate surface area is 199 Å². The van der Waals surface area contributed by atoms with Crippen LogP contribution in [0.5, 0.6) is 0 Å². The van der Waals surface area contributed by atoms with E-state index in [-0.39, 0.29) is 11.9 Å². The average molecular weight is 451 g/mol. The second kappa shape index (κ2) is 16.1. The number of hydrogen-bond acceptors (Lipinski definition) is 4. The number of carbonyl (C=O) groups excluding carboxylic acids is 1. The van der Waals surface area contributed by atoms with Gasteiger partial charge in [0.2, 0.25) is 5.91 Å². The topological polar surface area (TPSA) is 70.4 Å². The average Bonchev–Trinajstić information content (AvgIpc) is 2.79. The molecule has 0 aliphatic heterocycles. The van der Waals surface area contributed by atoms with Gasteiger partial charge in [0, 0.05) is 24.7 Å². The summed E-state index contributed by atoms with van der Waals surface area (Å²) in [7, 11) is 2.25. The summed E-state index contributed by atoms with van der Waals surface area (Å²) in [5.74, 6) is 0.915. The molecule has 4 N–H and O–H groups in total. The summed E-state index contributed by atoms with van der Waals surface area (Å²) < 4.78 is 0. The Morgan fingerprint density at radius 1 is 0.906 bits per heavy atom. The van der Waals surface area contributed by atoms with Crippen LogP contribution in [0.15, 0.2) is 0 Å². The van der Waals surface area contributed by atoms with Gasteiger partial charge in [0.05, 0.1) is 6.04 Å². The molecule has 2 fully saturated rings. The summed E-state index contributed by atoms with van der Waals surface area (Å²) in [4.78, 5) is 15.4. The Morgan fingerprint density at radius 2 is 1.50 bits per heavy atom. The Kier molecular flexibility index (Phi) is 13.8. The van der Waals surface area contributed by atoms with Crippen molar-refractivity contribution in [1.29, 1.82) is 0 Å². The molecule has 2 aliphatic rings. The highest BCUT2D eigenvalue weighted by atomic mass is 16.2. The van der Waals surface area contributed by atoms with Gasteiger partial charge in [0.1, 0.15) is 0 Å². The van der Waals surface area contributed by atoms with Crippen molar-refractivity contribution in [2.45, 2.75) is 141 Å². The molecule has 0 radical (unpaired) electrons. The van der Waals surface area contributed by atoms with E-state index >= 15 is 0 Å². The lowest BCUT2D eigenvalue weighted by atomic mass is 9.89. The summed E-state index contributed by atoms with van der Waals surface area (Å²) in [5, 5.41) is 7.14. The molecular weight excluding hydrogens is 396 g/mol. The van der Waals surface area contributed by atoms with Crippen LogP contribution < -0.4 is 16.4 Å². The molecule has 2 aliphatic carbocycles. The molecule has 32 heavy (non-hydrogen) atoms. The SMILES string of the molecule is CCCC(CCN(C)CC1CCCCC1)NC(=O)C(N)CC(CCC)NC1CCCCC1. The van der Waals surface area contributed by atoms with Gasteiger partial charge in [-0.1, -0.05) is 65.2 Å². The van der Waals surface area contributed by atoms with Crippen molar-refractivity contribution in [3.8, 4) is 0 Å². The van der Waals surface area contributed by atoms with Crippen LogP contribution in [0.2, 0.25) is 0 Å². The molecule has 1 amide bonds. The third kappa shape index (κ3) is 11.0. The van der Waals surface area contributed by atoms with Crippen molar-refractivity contribution in [3.05, 3.63) is 0 Å². The maximum Gasteiger partial charge on any atom is 0.237 e. The number of rotatable bonds is 15. The summed E-state index contributed by atoms with van der Waals surface area (Å²) >= 11 is 0. The molecule has 0 spiro atoms. The smallest absolute Gasteiger partial charge is 0.237 e. The van der Waals surface area contributed by atoms with E-state index in [9.17, 15) is 4.79 Å². The molecule has 0 aromatic heterocycles. The van der Waals surface area contributed by atoms with Gasteiger partial charge < -0.3 is 21.3 Å². The van der Waals surface area contributed by atoms with E-state index in [4.69, 9.17) is 5.73 Å². The van der Waals surface area contributed by atoms with Crippen LogP contribution >= 0.6 is 0 Å². The van der Waals surface area contributed by atoms with Gasteiger partial charge in [-0.3, -0.25) is 4.79 Å². The molecule has 0 aromatic carbocycles. The van der Waals surface area contributed by atoms with E-state index in [1.807, 2.05) is 0 Å². The lowest BCUT2D eigenvalue weighted by molar-refractivity contribution is -0.123. The molecule has 3 atom stereocenters. The minimum atomic E-state index is -0.415. The second-order valence-electron chi connectivity index (χ2n) is 10.9. The molecule has 0 heterocycles. The van der Waals surface area contributed by atoms with E-state index in [1.165, 1.54) is 70.8 Å². The summed E-state index contributed by atoms with van der Waals surface area (Å²) in [6.07, 6.45) is 19.7. The van der Waals surface area contributed by atoms with Gasteiger partial charge in [0.25, 0.3) is 0 Å². The highest BCUT2D eigenvalue weighted by Gasteiger charge is 2.24. The second-order valence-corrected chi connectivity index (χ2v) is 10.9. The predicted molar refractivity (Wildman–Crippen MR) is 137 cm³/mol. The van der Waals surface area contributed by atoms with E-state index in [0.29, 0.717) is 12.1 Å². The zero-order valence-electron chi connectivity index (χ0n) is 21.5. The van der Waals surface area contributed by atoms with E-state index in [2.05, 4.69) is 36.4 Å². The van der Waals surface area contributed by atoms with Crippen LogP contribution in [0.1, 0.15) is 117 Å². The van der Waals surface area contributed by atoms with Gasteiger partial charge in [-0.25, -0.2) is 0 Å². The minimum absolute atomic E-state index is 0.0462. The number of nitrogens with zero attached hydrogens (tertiary/aromatic N) is 1. The van der Waals surface area contributed by atoms with Crippen LogP contribution in [-0.4, -0.2) is 55.1 Å². The van der Waals surface area contributed by atoms with Crippen LogP contribution in [-0.2, 0) is 4.79 Å². The van der Waals surface area contributed by atoms with Gasteiger partial charge in [-0.2, -0.15) is 0 Å². The first kappa shape index (κ1) is 27.6. The standard InChI is InChI=1S/C27H54N4O/c1-4-12-23(18-19-31(3)21-22-14-8-6-9-15-22)30-27(32)26(28)20-25(13-5-2)29-24-16-10-7-11-17-24/h22-26,29H,4-21,28H2,1-3H3,(H,30,32). The van der Waals surface area contributed by atoms with E-state index < -0.39 is 6.04 Å².